The van der Waals surface area contributed by atoms with Crippen LogP contribution in [0.5, 0.6) is 0 Å². The highest BCUT2D eigenvalue weighted by molar-refractivity contribution is 6.33. The van der Waals surface area contributed by atoms with Crippen molar-refractivity contribution in [2.45, 2.75) is 0 Å². The van der Waals surface area contributed by atoms with E-state index < -0.39 is 0 Å². The lowest BCUT2D eigenvalue weighted by atomic mass is 9.98. The van der Waals surface area contributed by atoms with E-state index >= 15 is 0 Å². The van der Waals surface area contributed by atoms with Crippen LogP contribution in [0, 0.1) is 0 Å². The van der Waals surface area contributed by atoms with E-state index in [9.17, 15) is 0 Å². The summed E-state index contributed by atoms with van der Waals surface area (Å²) in [6, 6.07) is 56.4. The molecule has 0 atom stereocenters. The highest BCUT2D eigenvalue weighted by Gasteiger charge is 2.25. The average molecular weight is 575 g/mol. The molecule has 3 heteroatoms. The quantitative estimate of drug-likeness (QED) is 0.208. The van der Waals surface area contributed by atoms with Gasteiger partial charge >= 0.3 is 0 Å². The van der Waals surface area contributed by atoms with Gasteiger partial charge in [0.25, 0.3) is 0 Å². The number of anilines is 3. The second kappa shape index (κ2) is 9.22. The molecule has 0 aliphatic carbocycles. The number of hydrogen-bond acceptors (Lipinski definition) is 2. The molecular weight excluding hydrogens is 548 g/mol. The maximum absolute atomic E-state index is 6.89. The van der Waals surface area contributed by atoms with E-state index in [1.807, 2.05) is 0 Å². The number of rotatable bonds is 4. The Morgan fingerprint density at radius 3 is 1.80 bits per heavy atom. The van der Waals surface area contributed by atoms with Crippen LogP contribution in [-0.2, 0) is 0 Å². The molecule has 0 fully saturated rings. The third kappa shape index (κ3) is 3.41. The fourth-order valence-corrected chi connectivity index (χ4v) is 7.39. The average Bonchev–Trinajstić information content (AvgIpc) is 3.59. The number of nitrogens with zero attached hydrogens (tertiary/aromatic N) is 2. The van der Waals surface area contributed by atoms with E-state index in [0.717, 1.165) is 44.6 Å². The van der Waals surface area contributed by atoms with Gasteiger partial charge in [-0.3, -0.25) is 0 Å². The molecule has 10 rings (SSSR count). The molecule has 0 saturated heterocycles. The Morgan fingerprint density at radius 1 is 0.444 bits per heavy atom. The predicted molar refractivity (Wildman–Crippen MR) is 188 cm³/mol. The maximum atomic E-state index is 6.89. The highest BCUT2D eigenvalue weighted by Crippen LogP contribution is 2.49. The van der Waals surface area contributed by atoms with Gasteiger partial charge in [0.05, 0.1) is 22.1 Å². The predicted octanol–water partition coefficient (Wildman–Crippen LogP) is 11.9. The van der Waals surface area contributed by atoms with Crippen LogP contribution in [0.3, 0.4) is 0 Å². The van der Waals surface area contributed by atoms with Crippen LogP contribution in [-0.4, -0.2) is 4.40 Å². The van der Waals surface area contributed by atoms with Gasteiger partial charge in [0, 0.05) is 39.0 Å². The molecule has 0 spiro atoms. The van der Waals surface area contributed by atoms with Crippen molar-refractivity contribution in [1.29, 1.82) is 0 Å². The highest BCUT2D eigenvalue weighted by atomic mass is 16.3. The van der Waals surface area contributed by atoms with E-state index in [2.05, 4.69) is 167 Å². The van der Waals surface area contributed by atoms with Gasteiger partial charge in [-0.15, -0.1) is 0 Å². The summed E-state index contributed by atoms with van der Waals surface area (Å²) in [5, 5.41) is 7.15. The lowest BCUT2D eigenvalue weighted by Gasteiger charge is -2.27. The van der Waals surface area contributed by atoms with Gasteiger partial charge in [-0.2, -0.15) is 0 Å². The van der Waals surface area contributed by atoms with Crippen LogP contribution in [0.25, 0.3) is 71.2 Å². The first-order chi connectivity index (χ1) is 22.3. The monoisotopic (exact) mass is 574 g/mol. The van der Waals surface area contributed by atoms with E-state index in [-0.39, 0.29) is 0 Å². The van der Waals surface area contributed by atoms with E-state index in [0.29, 0.717) is 0 Å². The lowest BCUT2D eigenvalue weighted by Crippen LogP contribution is -2.10. The summed E-state index contributed by atoms with van der Waals surface area (Å²) in [6.07, 6.45) is 0. The zero-order chi connectivity index (χ0) is 29.5. The van der Waals surface area contributed by atoms with Crippen LogP contribution in [0.4, 0.5) is 17.1 Å². The fraction of sp³-hybridized carbons (Fsp3) is 0. The Hall–Kier alpha value is -6.06. The van der Waals surface area contributed by atoms with Gasteiger partial charge in [0.1, 0.15) is 11.1 Å². The molecule has 10 aromatic rings. The molecule has 0 bridgehead atoms. The van der Waals surface area contributed by atoms with Crippen LogP contribution >= 0.6 is 0 Å². The van der Waals surface area contributed by atoms with Crippen molar-refractivity contribution in [2.75, 3.05) is 4.90 Å². The largest absolute Gasteiger partial charge is 0.454 e. The summed E-state index contributed by atoms with van der Waals surface area (Å²) in [7, 11) is 0. The van der Waals surface area contributed by atoms with Crippen LogP contribution < -0.4 is 4.90 Å². The minimum absolute atomic E-state index is 0.893. The van der Waals surface area contributed by atoms with Gasteiger partial charge in [0.2, 0.25) is 0 Å². The minimum Gasteiger partial charge on any atom is -0.454 e. The molecule has 210 valence electrons. The number of fused-ring (bicyclic) bond motifs is 6. The van der Waals surface area contributed by atoms with E-state index in [1.165, 1.54) is 43.6 Å². The van der Waals surface area contributed by atoms with Gasteiger partial charge < -0.3 is 13.7 Å². The normalized spacial score (nSPS) is 12.0. The summed E-state index contributed by atoms with van der Waals surface area (Å²) < 4.78 is 9.30. The Bertz CT molecular complexity index is 2680. The summed E-state index contributed by atoms with van der Waals surface area (Å²) in [6.45, 7) is 0. The van der Waals surface area contributed by atoms with Gasteiger partial charge in [0.15, 0.2) is 5.58 Å². The second-order valence-corrected chi connectivity index (χ2v) is 11.7. The minimum atomic E-state index is 0.893. The molecule has 0 N–H and O–H groups in total. The Kier molecular flexibility index (Phi) is 5.00. The topological polar surface area (TPSA) is 20.8 Å². The Morgan fingerprint density at radius 2 is 1.02 bits per heavy atom. The zero-order valence-electron chi connectivity index (χ0n) is 24.3. The van der Waals surface area contributed by atoms with E-state index in [4.69, 9.17) is 4.42 Å². The SMILES string of the molecule is c1ccc(-c2ccc(N(c3ccccc3)c3cc4oc5c6ccccc6n6c7ccccc7c7cccc3c7c4c56)cc2)cc1. The summed E-state index contributed by atoms with van der Waals surface area (Å²) >= 11 is 0. The van der Waals surface area contributed by atoms with Crippen molar-refractivity contribution in [3.63, 3.8) is 0 Å². The molecule has 3 nitrogen and oxygen atoms in total. The molecule has 0 aliphatic heterocycles. The fourth-order valence-electron chi connectivity index (χ4n) is 7.39. The first-order valence-corrected chi connectivity index (χ1v) is 15.4. The Labute approximate surface area is 259 Å². The van der Waals surface area contributed by atoms with Gasteiger partial charge in [-0.1, -0.05) is 109 Å². The summed E-state index contributed by atoms with van der Waals surface area (Å²) in [5.74, 6) is 0. The third-order valence-corrected chi connectivity index (χ3v) is 9.30. The van der Waals surface area contributed by atoms with Gasteiger partial charge in [-0.05, 0) is 59.0 Å². The summed E-state index contributed by atoms with van der Waals surface area (Å²) in [4.78, 5) is 2.36. The molecule has 0 saturated carbocycles. The van der Waals surface area contributed by atoms with Crippen molar-refractivity contribution < 1.29 is 4.42 Å². The first-order valence-electron chi connectivity index (χ1n) is 15.4. The molecule has 7 aromatic carbocycles. The third-order valence-electron chi connectivity index (χ3n) is 9.30. The van der Waals surface area contributed by atoms with Crippen molar-refractivity contribution in [1.82, 2.24) is 4.40 Å². The van der Waals surface area contributed by atoms with Crippen molar-refractivity contribution in [3.05, 3.63) is 158 Å². The van der Waals surface area contributed by atoms with Crippen LogP contribution in [0.1, 0.15) is 0 Å². The van der Waals surface area contributed by atoms with Crippen molar-refractivity contribution in [3.8, 4) is 11.1 Å². The molecular formula is C42H26N2O. The molecule has 45 heavy (non-hydrogen) atoms. The Balaban J connectivity index is 1.35. The van der Waals surface area contributed by atoms with Crippen LogP contribution in [0.15, 0.2) is 162 Å². The lowest BCUT2D eigenvalue weighted by molar-refractivity contribution is 0.673. The molecule has 0 aliphatic rings. The zero-order valence-corrected chi connectivity index (χ0v) is 24.3. The maximum Gasteiger partial charge on any atom is 0.161 e. The van der Waals surface area contributed by atoms with Crippen molar-refractivity contribution >= 4 is 77.1 Å². The molecule has 0 amide bonds. The standard InChI is InChI=1S/C42H26N2O/c1-3-12-27(13-4-1)28-22-24-30(25-23-28)43(29-14-5-2-6-15-29)37-26-38-40-39-32(18-11-19-33(37)39)31-16-7-9-20-35(31)44-36-21-10-8-17-34(36)42(45-38)41(40)44/h1-26H. The molecule has 3 heterocycles. The molecule has 3 aromatic heterocycles. The number of benzene rings is 7. The number of furan rings is 1. The second-order valence-electron chi connectivity index (χ2n) is 11.7. The van der Waals surface area contributed by atoms with Crippen LogP contribution in [0.2, 0.25) is 0 Å². The smallest absolute Gasteiger partial charge is 0.161 e. The van der Waals surface area contributed by atoms with Crippen molar-refractivity contribution in [2.24, 2.45) is 0 Å². The number of hydrogen-bond donors (Lipinski definition) is 0. The number of aromatic nitrogens is 1. The summed E-state index contributed by atoms with van der Waals surface area (Å²) in [5.41, 5.74) is 11.0. The molecule has 0 unspecified atom stereocenters. The first kappa shape index (κ1) is 24.4. The number of para-hydroxylation sites is 3. The molecule has 0 radical (unpaired) electrons. The van der Waals surface area contributed by atoms with Gasteiger partial charge in [-0.25, -0.2) is 0 Å². The van der Waals surface area contributed by atoms with E-state index in [1.54, 1.807) is 0 Å².